The van der Waals surface area contributed by atoms with Gasteiger partial charge in [0.25, 0.3) is 0 Å². The second kappa shape index (κ2) is 9.40. The van der Waals surface area contributed by atoms with Crippen LogP contribution in [0.2, 0.25) is 0 Å². The zero-order chi connectivity index (χ0) is 17.5. The van der Waals surface area contributed by atoms with Gasteiger partial charge < -0.3 is 15.3 Å². The van der Waals surface area contributed by atoms with Crippen LogP contribution in [-0.2, 0) is 9.59 Å². The quantitative estimate of drug-likeness (QED) is 0.782. The molecule has 2 fully saturated rings. The van der Waals surface area contributed by atoms with Crippen LogP contribution in [0.4, 0.5) is 0 Å². The molecule has 0 spiro atoms. The second-order valence-corrected chi connectivity index (χ2v) is 7.83. The summed E-state index contributed by atoms with van der Waals surface area (Å²) in [7, 11) is 1.80. The summed E-state index contributed by atoms with van der Waals surface area (Å²) in [5, 5.41) is 13.1. The Bertz CT molecular complexity index is 421. The third-order valence-corrected chi connectivity index (χ3v) is 5.65. The van der Waals surface area contributed by atoms with Gasteiger partial charge in [-0.2, -0.15) is 0 Å². The second-order valence-electron chi connectivity index (χ2n) is 7.83. The molecule has 0 bridgehead atoms. The van der Waals surface area contributed by atoms with Crippen LogP contribution in [-0.4, -0.2) is 47.6 Å². The van der Waals surface area contributed by atoms with Crippen molar-refractivity contribution in [1.29, 1.82) is 0 Å². The molecule has 5 nitrogen and oxygen atoms in total. The summed E-state index contributed by atoms with van der Waals surface area (Å²) in [6.07, 6.45) is 9.57. The summed E-state index contributed by atoms with van der Waals surface area (Å²) >= 11 is 0. The molecule has 3 unspecified atom stereocenters. The highest BCUT2D eigenvalue weighted by Crippen LogP contribution is 2.25. The summed E-state index contributed by atoms with van der Waals surface area (Å²) in [4.78, 5) is 26.4. The summed E-state index contributed by atoms with van der Waals surface area (Å²) in [5.74, 6) is 0.482. The fourth-order valence-corrected chi connectivity index (χ4v) is 4.05. The predicted molar refractivity (Wildman–Crippen MR) is 94.4 cm³/mol. The molecule has 3 atom stereocenters. The number of rotatable bonds is 6. The van der Waals surface area contributed by atoms with Crippen LogP contribution in [0, 0.1) is 11.8 Å². The van der Waals surface area contributed by atoms with Crippen molar-refractivity contribution in [1.82, 2.24) is 10.2 Å². The number of carbonyl (C=O) groups excluding carboxylic acids is 2. The fraction of sp³-hybridized carbons (Fsp3) is 0.895. The first-order valence-corrected chi connectivity index (χ1v) is 9.69. The zero-order valence-electron chi connectivity index (χ0n) is 15.3. The van der Waals surface area contributed by atoms with Gasteiger partial charge in [0, 0.05) is 37.9 Å². The van der Waals surface area contributed by atoms with Crippen LogP contribution in [0.3, 0.4) is 0 Å². The lowest BCUT2D eigenvalue weighted by Crippen LogP contribution is -2.43. The molecule has 5 heteroatoms. The lowest BCUT2D eigenvalue weighted by Gasteiger charge is -2.31. The maximum atomic E-state index is 12.4. The van der Waals surface area contributed by atoms with Crippen molar-refractivity contribution < 1.29 is 14.7 Å². The maximum absolute atomic E-state index is 12.4. The van der Waals surface area contributed by atoms with E-state index in [0.717, 1.165) is 51.4 Å². The molecular formula is C19H34N2O3. The number of hydrogen-bond acceptors (Lipinski definition) is 3. The van der Waals surface area contributed by atoms with Crippen molar-refractivity contribution in [3.8, 4) is 0 Å². The van der Waals surface area contributed by atoms with Crippen LogP contribution < -0.4 is 5.32 Å². The van der Waals surface area contributed by atoms with Crippen LogP contribution in [0.1, 0.15) is 71.1 Å². The van der Waals surface area contributed by atoms with Gasteiger partial charge >= 0.3 is 0 Å². The molecule has 0 aromatic rings. The van der Waals surface area contributed by atoms with E-state index in [0.29, 0.717) is 13.0 Å². The minimum atomic E-state index is -0.280. The van der Waals surface area contributed by atoms with Crippen LogP contribution in [0.5, 0.6) is 0 Å². The average molecular weight is 338 g/mol. The van der Waals surface area contributed by atoms with Crippen LogP contribution >= 0.6 is 0 Å². The molecule has 24 heavy (non-hydrogen) atoms. The monoisotopic (exact) mass is 338 g/mol. The SMILES string of the molecule is CC(CC(=O)N(C)CC1CCCCC1O)NC(=O)C1CCCCC1. The highest BCUT2D eigenvalue weighted by atomic mass is 16.3. The minimum absolute atomic E-state index is 0.0456. The summed E-state index contributed by atoms with van der Waals surface area (Å²) in [5.41, 5.74) is 0. The van der Waals surface area contributed by atoms with E-state index in [9.17, 15) is 14.7 Å². The van der Waals surface area contributed by atoms with E-state index in [-0.39, 0.29) is 35.8 Å². The van der Waals surface area contributed by atoms with Crippen molar-refractivity contribution in [2.45, 2.75) is 83.3 Å². The molecule has 0 aromatic heterocycles. The topological polar surface area (TPSA) is 69.6 Å². The van der Waals surface area contributed by atoms with Gasteiger partial charge in [0.15, 0.2) is 0 Å². The fourth-order valence-electron chi connectivity index (χ4n) is 4.05. The van der Waals surface area contributed by atoms with E-state index >= 15 is 0 Å². The largest absolute Gasteiger partial charge is 0.393 e. The van der Waals surface area contributed by atoms with Crippen molar-refractivity contribution in [3.63, 3.8) is 0 Å². The number of nitrogens with zero attached hydrogens (tertiary/aromatic N) is 1. The first-order valence-electron chi connectivity index (χ1n) is 9.69. The average Bonchev–Trinajstić information content (AvgIpc) is 2.57. The number of nitrogens with one attached hydrogen (secondary N) is 1. The first-order chi connectivity index (χ1) is 11.5. The molecule has 2 aliphatic carbocycles. The molecule has 2 amide bonds. The van der Waals surface area contributed by atoms with Gasteiger partial charge in [0.1, 0.15) is 0 Å². The molecule has 2 aliphatic rings. The number of hydrogen-bond donors (Lipinski definition) is 2. The number of aliphatic hydroxyl groups excluding tert-OH is 1. The highest BCUT2D eigenvalue weighted by molar-refractivity contribution is 5.81. The van der Waals surface area contributed by atoms with Crippen molar-refractivity contribution in [2.75, 3.05) is 13.6 Å². The molecule has 0 aromatic carbocycles. The Labute approximate surface area is 146 Å². The van der Waals surface area contributed by atoms with Gasteiger partial charge in [-0.1, -0.05) is 32.1 Å². The Morgan fingerprint density at radius 3 is 2.38 bits per heavy atom. The number of carbonyl (C=O) groups is 2. The standard InChI is InChI=1S/C19H34N2O3/c1-14(20-19(24)15-8-4-3-5-9-15)12-18(23)21(2)13-16-10-6-7-11-17(16)22/h14-17,22H,3-13H2,1-2H3,(H,20,24). The smallest absolute Gasteiger partial charge is 0.224 e. The van der Waals surface area contributed by atoms with Crippen molar-refractivity contribution in [2.24, 2.45) is 11.8 Å². The summed E-state index contributed by atoms with van der Waals surface area (Å²) < 4.78 is 0. The molecule has 2 saturated carbocycles. The summed E-state index contributed by atoms with van der Waals surface area (Å²) in [6, 6.07) is -0.134. The van der Waals surface area contributed by atoms with Crippen LogP contribution in [0.25, 0.3) is 0 Å². The Kier molecular flexibility index (Phi) is 7.53. The molecule has 0 radical (unpaired) electrons. The maximum Gasteiger partial charge on any atom is 0.224 e. The van der Waals surface area contributed by atoms with E-state index in [1.807, 2.05) is 6.92 Å². The van der Waals surface area contributed by atoms with Gasteiger partial charge in [-0.05, 0) is 32.6 Å². The summed E-state index contributed by atoms with van der Waals surface area (Å²) in [6.45, 7) is 2.52. The van der Waals surface area contributed by atoms with Gasteiger partial charge in [-0.3, -0.25) is 9.59 Å². The van der Waals surface area contributed by atoms with E-state index in [1.165, 1.54) is 6.42 Å². The molecule has 2 N–H and O–H groups in total. The highest BCUT2D eigenvalue weighted by Gasteiger charge is 2.27. The van der Waals surface area contributed by atoms with Gasteiger partial charge in [0.05, 0.1) is 6.10 Å². The van der Waals surface area contributed by atoms with E-state index in [4.69, 9.17) is 0 Å². The van der Waals surface area contributed by atoms with Crippen molar-refractivity contribution in [3.05, 3.63) is 0 Å². The number of amides is 2. The molecule has 0 aliphatic heterocycles. The van der Waals surface area contributed by atoms with E-state index in [2.05, 4.69) is 5.32 Å². The van der Waals surface area contributed by atoms with E-state index < -0.39 is 0 Å². The minimum Gasteiger partial charge on any atom is -0.393 e. The Balaban J connectivity index is 1.72. The third-order valence-electron chi connectivity index (χ3n) is 5.65. The van der Waals surface area contributed by atoms with Crippen molar-refractivity contribution >= 4 is 11.8 Å². The molecular weight excluding hydrogens is 304 g/mol. The molecule has 138 valence electrons. The predicted octanol–water partition coefficient (Wildman–Crippen LogP) is 2.47. The third kappa shape index (κ3) is 5.76. The Morgan fingerprint density at radius 1 is 1.08 bits per heavy atom. The molecule has 0 heterocycles. The molecule has 0 saturated heterocycles. The van der Waals surface area contributed by atoms with Gasteiger partial charge in [-0.15, -0.1) is 0 Å². The molecule has 2 rings (SSSR count). The Hall–Kier alpha value is -1.10. The van der Waals surface area contributed by atoms with Crippen LogP contribution in [0.15, 0.2) is 0 Å². The number of aliphatic hydroxyl groups is 1. The van der Waals surface area contributed by atoms with Gasteiger partial charge in [0.2, 0.25) is 11.8 Å². The first kappa shape index (κ1) is 19.2. The van der Waals surface area contributed by atoms with Gasteiger partial charge in [-0.25, -0.2) is 0 Å². The normalized spacial score (nSPS) is 26.6. The Morgan fingerprint density at radius 2 is 1.71 bits per heavy atom. The lowest BCUT2D eigenvalue weighted by molar-refractivity contribution is -0.132. The lowest BCUT2D eigenvalue weighted by atomic mass is 9.86. The van der Waals surface area contributed by atoms with E-state index in [1.54, 1.807) is 11.9 Å². The zero-order valence-corrected chi connectivity index (χ0v) is 15.3.